The summed E-state index contributed by atoms with van der Waals surface area (Å²) >= 11 is 0. The first-order valence-corrected chi connectivity index (χ1v) is 5.33. The first kappa shape index (κ1) is 14.2. The minimum atomic E-state index is -0.927. The molecule has 0 amide bonds. The second-order valence-corrected chi connectivity index (χ2v) is 3.66. The van der Waals surface area contributed by atoms with Crippen LogP contribution in [0.1, 0.15) is 17.2 Å². The fourth-order valence-corrected chi connectivity index (χ4v) is 1.67. The zero-order chi connectivity index (χ0) is 12.1. The summed E-state index contributed by atoms with van der Waals surface area (Å²) in [6.45, 7) is 0. The monoisotopic (exact) mass is 263 g/mol. The lowest BCUT2D eigenvalue weighted by Crippen LogP contribution is -2.13. The number of hydrogen-bond donors (Lipinski definition) is 2. The van der Waals surface area contributed by atoms with Crippen molar-refractivity contribution in [2.75, 3.05) is 0 Å². The van der Waals surface area contributed by atoms with E-state index in [0.717, 1.165) is 0 Å². The molecular weight excluding hydrogens is 250 g/mol. The summed E-state index contributed by atoms with van der Waals surface area (Å²) in [4.78, 5) is 0. The van der Waals surface area contributed by atoms with Crippen LogP contribution < -0.4 is 0 Å². The van der Waals surface area contributed by atoms with Gasteiger partial charge in [-0.2, -0.15) is 0 Å². The Balaban J connectivity index is 0.00000162. The SMILES string of the molecule is Cl.ON=C(c1ccccc1)C(O)c1ccccc1. The molecule has 94 valence electrons. The maximum atomic E-state index is 10.1. The van der Waals surface area contributed by atoms with Gasteiger partial charge in [-0.15, -0.1) is 12.4 Å². The van der Waals surface area contributed by atoms with Crippen LogP contribution in [0.4, 0.5) is 0 Å². The Kier molecular flexibility index (Phi) is 5.36. The van der Waals surface area contributed by atoms with Gasteiger partial charge in [0.25, 0.3) is 0 Å². The predicted molar refractivity (Wildman–Crippen MR) is 73.4 cm³/mol. The van der Waals surface area contributed by atoms with Crippen LogP contribution in [-0.4, -0.2) is 16.0 Å². The largest absolute Gasteiger partial charge is 0.411 e. The topological polar surface area (TPSA) is 52.8 Å². The lowest BCUT2D eigenvalue weighted by atomic mass is 9.99. The van der Waals surface area contributed by atoms with Crippen molar-refractivity contribution < 1.29 is 10.3 Å². The molecule has 2 aromatic carbocycles. The van der Waals surface area contributed by atoms with Crippen LogP contribution in [0.5, 0.6) is 0 Å². The quantitative estimate of drug-likeness (QED) is 0.508. The van der Waals surface area contributed by atoms with Gasteiger partial charge in [0.2, 0.25) is 0 Å². The van der Waals surface area contributed by atoms with Crippen LogP contribution in [0.15, 0.2) is 65.8 Å². The van der Waals surface area contributed by atoms with Crippen molar-refractivity contribution >= 4 is 18.1 Å². The smallest absolute Gasteiger partial charge is 0.125 e. The number of rotatable bonds is 3. The summed E-state index contributed by atoms with van der Waals surface area (Å²) in [5, 5.41) is 22.4. The van der Waals surface area contributed by atoms with Gasteiger partial charge in [-0.1, -0.05) is 65.8 Å². The van der Waals surface area contributed by atoms with Gasteiger partial charge in [-0.25, -0.2) is 0 Å². The molecule has 1 atom stereocenters. The Labute approximate surface area is 112 Å². The molecule has 18 heavy (non-hydrogen) atoms. The highest BCUT2D eigenvalue weighted by molar-refractivity contribution is 6.03. The van der Waals surface area contributed by atoms with E-state index in [0.29, 0.717) is 11.1 Å². The zero-order valence-corrected chi connectivity index (χ0v) is 10.4. The molecule has 0 saturated heterocycles. The summed E-state index contributed by atoms with van der Waals surface area (Å²) in [7, 11) is 0. The molecule has 0 aromatic heterocycles. The Morgan fingerprint density at radius 3 is 1.89 bits per heavy atom. The first-order valence-electron chi connectivity index (χ1n) is 5.33. The van der Waals surface area contributed by atoms with E-state index in [1.165, 1.54) is 0 Å². The van der Waals surface area contributed by atoms with E-state index < -0.39 is 6.10 Å². The van der Waals surface area contributed by atoms with E-state index in [-0.39, 0.29) is 18.1 Å². The normalized spacial score (nSPS) is 12.6. The number of aliphatic hydroxyl groups is 1. The van der Waals surface area contributed by atoms with Gasteiger partial charge in [0.15, 0.2) is 0 Å². The highest BCUT2D eigenvalue weighted by Gasteiger charge is 2.17. The molecule has 2 N–H and O–H groups in total. The van der Waals surface area contributed by atoms with Gasteiger partial charge in [0.1, 0.15) is 11.8 Å². The Morgan fingerprint density at radius 2 is 1.39 bits per heavy atom. The molecule has 0 aliphatic rings. The van der Waals surface area contributed by atoms with Crippen molar-refractivity contribution in [1.82, 2.24) is 0 Å². The summed E-state index contributed by atoms with van der Waals surface area (Å²) in [6.07, 6.45) is -0.927. The third kappa shape index (κ3) is 3.09. The number of oxime groups is 1. The van der Waals surface area contributed by atoms with E-state index >= 15 is 0 Å². The van der Waals surface area contributed by atoms with Crippen LogP contribution in [0.2, 0.25) is 0 Å². The van der Waals surface area contributed by atoms with Crippen molar-refractivity contribution in [1.29, 1.82) is 0 Å². The van der Waals surface area contributed by atoms with E-state index in [2.05, 4.69) is 5.16 Å². The van der Waals surface area contributed by atoms with Crippen molar-refractivity contribution in [3.63, 3.8) is 0 Å². The minimum absolute atomic E-state index is 0. The van der Waals surface area contributed by atoms with Crippen LogP contribution >= 0.6 is 12.4 Å². The van der Waals surface area contributed by atoms with Crippen molar-refractivity contribution in [3.8, 4) is 0 Å². The number of hydrogen-bond acceptors (Lipinski definition) is 3. The molecule has 0 bridgehead atoms. The maximum absolute atomic E-state index is 10.1. The molecular formula is C14H14ClNO2. The lowest BCUT2D eigenvalue weighted by Gasteiger charge is -2.12. The van der Waals surface area contributed by atoms with Crippen molar-refractivity contribution in [3.05, 3.63) is 71.8 Å². The van der Waals surface area contributed by atoms with Gasteiger partial charge in [0.05, 0.1) is 0 Å². The van der Waals surface area contributed by atoms with Crippen LogP contribution in [-0.2, 0) is 0 Å². The Bertz CT molecular complexity index is 500. The highest BCUT2D eigenvalue weighted by Crippen LogP contribution is 2.18. The van der Waals surface area contributed by atoms with Crippen LogP contribution in [0.3, 0.4) is 0 Å². The average Bonchev–Trinajstić information content (AvgIpc) is 2.42. The molecule has 0 aliphatic carbocycles. The van der Waals surface area contributed by atoms with Gasteiger partial charge < -0.3 is 10.3 Å². The molecule has 0 spiro atoms. The van der Waals surface area contributed by atoms with Gasteiger partial charge in [0, 0.05) is 5.56 Å². The lowest BCUT2D eigenvalue weighted by molar-refractivity contribution is 0.235. The number of halogens is 1. The molecule has 2 rings (SSSR count). The Morgan fingerprint density at radius 1 is 0.889 bits per heavy atom. The predicted octanol–water partition coefficient (Wildman–Crippen LogP) is 3.02. The van der Waals surface area contributed by atoms with E-state index in [1.54, 1.807) is 24.3 Å². The third-order valence-corrected chi connectivity index (χ3v) is 2.55. The summed E-state index contributed by atoms with van der Waals surface area (Å²) in [5.74, 6) is 0. The zero-order valence-electron chi connectivity index (χ0n) is 9.60. The van der Waals surface area contributed by atoms with Gasteiger partial charge in [-0.3, -0.25) is 0 Å². The fourth-order valence-electron chi connectivity index (χ4n) is 1.67. The molecule has 0 aliphatic heterocycles. The second kappa shape index (κ2) is 6.79. The van der Waals surface area contributed by atoms with E-state index in [1.807, 2.05) is 36.4 Å². The number of aliphatic hydroxyl groups excluding tert-OH is 1. The first-order chi connectivity index (χ1) is 8.33. The molecule has 4 heteroatoms. The third-order valence-electron chi connectivity index (χ3n) is 2.55. The van der Waals surface area contributed by atoms with Crippen molar-refractivity contribution in [2.24, 2.45) is 5.16 Å². The molecule has 1 unspecified atom stereocenters. The number of benzene rings is 2. The Hall–Kier alpha value is -1.84. The van der Waals surface area contributed by atoms with E-state index in [4.69, 9.17) is 5.21 Å². The number of nitrogens with zero attached hydrogens (tertiary/aromatic N) is 1. The highest BCUT2D eigenvalue weighted by atomic mass is 35.5. The average molecular weight is 264 g/mol. The van der Waals surface area contributed by atoms with Gasteiger partial charge >= 0.3 is 0 Å². The van der Waals surface area contributed by atoms with Gasteiger partial charge in [-0.05, 0) is 5.56 Å². The molecule has 0 saturated carbocycles. The summed E-state index contributed by atoms with van der Waals surface area (Å²) < 4.78 is 0. The molecule has 2 aromatic rings. The fraction of sp³-hybridized carbons (Fsp3) is 0.0714. The van der Waals surface area contributed by atoms with E-state index in [9.17, 15) is 5.11 Å². The van der Waals surface area contributed by atoms with Crippen LogP contribution in [0, 0.1) is 0 Å². The van der Waals surface area contributed by atoms with Crippen molar-refractivity contribution in [2.45, 2.75) is 6.10 Å². The molecule has 0 fully saturated rings. The van der Waals surface area contributed by atoms with Crippen LogP contribution in [0.25, 0.3) is 0 Å². The maximum Gasteiger partial charge on any atom is 0.125 e. The summed E-state index contributed by atoms with van der Waals surface area (Å²) in [5.41, 5.74) is 1.65. The summed E-state index contributed by atoms with van der Waals surface area (Å²) in [6, 6.07) is 18.2. The second-order valence-electron chi connectivity index (χ2n) is 3.66. The molecule has 0 radical (unpaired) electrons. The molecule has 3 nitrogen and oxygen atoms in total. The minimum Gasteiger partial charge on any atom is -0.411 e. The molecule has 0 heterocycles. The standard InChI is InChI=1S/C14H13NO2.ClH/c16-14(12-9-5-2-6-10-12)13(15-17)11-7-3-1-4-8-11;/h1-10,14,16-17H;1H.